The van der Waals surface area contributed by atoms with Gasteiger partial charge >= 0.3 is 15.6 Å². The lowest BCUT2D eigenvalue weighted by molar-refractivity contribution is -0.139. The first kappa shape index (κ1) is 21.3. The van der Waals surface area contributed by atoms with Gasteiger partial charge in [-0.3, -0.25) is 29.4 Å². The average Bonchev–Trinajstić information content (AvgIpc) is 2.56. The molecule has 0 aliphatic carbocycles. The Morgan fingerprint density at radius 2 is 1.96 bits per heavy atom. The number of rotatable bonds is 5. The van der Waals surface area contributed by atoms with E-state index in [0.29, 0.717) is 4.90 Å². The van der Waals surface area contributed by atoms with E-state index in [9.17, 15) is 40.8 Å². The zero-order chi connectivity index (χ0) is 21.3. The number of benzene rings is 1. The second-order valence-corrected chi connectivity index (χ2v) is 7.25. The predicted molar refractivity (Wildman–Crippen MR) is 85.2 cm³/mol. The molecular weight excluding hydrogens is 409 g/mol. The Morgan fingerprint density at radius 3 is 2.50 bits per heavy atom. The van der Waals surface area contributed by atoms with Gasteiger partial charge < -0.3 is 4.18 Å². The predicted octanol–water partition coefficient (Wildman–Crippen LogP) is 0.627. The summed E-state index contributed by atoms with van der Waals surface area (Å²) in [7, 11) is -6.08. The number of nitrogens with one attached hydrogen (secondary N) is 1. The van der Waals surface area contributed by atoms with Gasteiger partial charge in [0.25, 0.3) is 5.91 Å². The van der Waals surface area contributed by atoms with Crippen LogP contribution in [0.1, 0.15) is 28.8 Å². The van der Waals surface area contributed by atoms with Crippen molar-refractivity contribution in [1.29, 1.82) is 0 Å². The second kappa shape index (κ2) is 7.58. The van der Waals surface area contributed by atoms with Gasteiger partial charge in [-0.2, -0.15) is 21.6 Å². The highest BCUT2D eigenvalue weighted by Crippen LogP contribution is 2.31. The van der Waals surface area contributed by atoms with E-state index in [1.165, 1.54) is 13.0 Å². The molecule has 1 heterocycles. The summed E-state index contributed by atoms with van der Waals surface area (Å²) >= 11 is 0. The van der Waals surface area contributed by atoms with Crippen LogP contribution in [0.3, 0.4) is 0 Å². The molecule has 4 amide bonds. The molecule has 0 aromatic heterocycles. The lowest BCUT2D eigenvalue weighted by atomic mass is 10.0. The molecule has 13 heteroatoms. The number of alkyl halides is 3. The van der Waals surface area contributed by atoms with Crippen molar-refractivity contribution in [3.05, 3.63) is 29.3 Å². The van der Waals surface area contributed by atoms with Crippen molar-refractivity contribution in [2.75, 3.05) is 0 Å². The number of nitrogens with zero attached hydrogens (tertiary/aromatic N) is 1. The van der Waals surface area contributed by atoms with Gasteiger partial charge in [-0.05, 0) is 25.0 Å². The third kappa shape index (κ3) is 4.13. The van der Waals surface area contributed by atoms with Gasteiger partial charge in [0.05, 0.1) is 5.56 Å². The van der Waals surface area contributed by atoms with Crippen molar-refractivity contribution in [1.82, 2.24) is 10.2 Å². The third-order valence-corrected chi connectivity index (χ3v) is 4.79. The molecule has 1 aliphatic rings. The summed E-state index contributed by atoms with van der Waals surface area (Å²) < 4.78 is 64.5. The van der Waals surface area contributed by atoms with Crippen LogP contribution in [0.4, 0.5) is 13.2 Å². The molecule has 152 valence electrons. The minimum absolute atomic E-state index is 0.000909. The summed E-state index contributed by atoms with van der Waals surface area (Å²) in [5, 5.41) is 1.93. The zero-order valence-electron chi connectivity index (χ0n) is 14.1. The Kier molecular flexibility index (Phi) is 5.77. The number of amides is 4. The number of carbonyl (C=O) groups is 4. The van der Waals surface area contributed by atoms with E-state index in [4.69, 9.17) is 0 Å². The molecule has 1 aromatic rings. The largest absolute Gasteiger partial charge is 0.534 e. The Hall–Kier alpha value is -2.96. The summed E-state index contributed by atoms with van der Waals surface area (Å²) in [6.07, 6.45) is -0.400. The van der Waals surface area contributed by atoms with E-state index in [0.717, 1.165) is 12.1 Å². The van der Waals surface area contributed by atoms with E-state index >= 15 is 0 Å². The van der Waals surface area contributed by atoms with E-state index in [1.54, 1.807) is 0 Å². The number of hydrogen-bond donors (Lipinski definition) is 1. The molecule has 0 radical (unpaired) electrons. The molecule has 1 saturated heterocycles. The molecule has 1 aliphatic heterocycles. The number of piperidine rings is 1. The molecule has 28 heavy (non-hydrogen) atoms. The van der Waals surface area contributed by atoms with E-state index in [1.807, 2.05) is 5.32 Å². The standard InChI is InChI=1S/C15H13F3N2O7S/c1-8-3-2-4-10(27-28(25,26)15(16,17)18)12(8)14(24)20(7-21)9-5-6-11(22)19-13(9)23/h2-4,7,9H,5-6H2,1H3,(H,19,22,23). The monoisotopic (exact) mass is 422 g/mol. The second-order valence-electron chi connectivity index (χ2n) is 5.72. The van der Waals surface area contributed by atoms with Crippen molar-refractivity contribution in [3.8, 4) is 5.75 Å². The first-order chi connectivity index (χ1) is 12.9. The van der Waals surface area contributed by atoms with Gasteiger partial charge in [-0.15, -0.1) is 0 Å². The van der Waals surface area contributed by atoms with Crippen LogP contribution in [-0.4, -0.2) is 49.0 Å². The Morgan fingerprint density at radius 1 is 1.32 bits per heavy atom. The summed E-state index contributed by atoms with van der Waals surface area (Å²) in [6.45, 7) is 1.27. The summed E-state index contributed by atoms with van der Waals surface area (Å²) in [5.74, 6) is -3.78. The maximum atomic E-state index is 12.8. The fraction of sp³-hybridized carbons (Fsp3) is 0.333. The van der Waals surface area contributed by atoms with Crippen molar-refractivity contribution in [2.45, 2.75) is 31.3 Å². The number of carbonyl (C=O) groups excluding carboxylic acids is 4. The maximum absolute atomic E-state index is 12.8. The zero-order valence-corrected chi connectivity index (χ0v) is 15.0. The lowest BCUT2D eigenvalue weighted by Crippen LogP contribution is -2.54. The van der Waals surface area contributed by atoms with Crippen molar-refractivity contribution in [3.63, 3.8) is 0 Å². The molecular formula is C15H13F3N2O7S. The van der Waals surface area contributed by atoms with Crippen LogP contribution < -0.4 is 9.50 Å². The lowest BCUT2D eigenvalue weighted by Gasteiger charge is -2.29. The highest BCUT2D eigenvalue weighted by Gasteiger charge is 2.49. The van der Waals surface area contributed by atoms with Crippen LogP contribution >= 0.6 is 0 Å². The van der Waals surface area contributed by atoms with Crippen LogP contribution in [0, 0.1) is 6.92 Å². The highest BCUT2D eigenvalue weighted by molar-refractivity contribution is 7.88. The van der Waals surface area contributed by atoms with Crippen molar-refractivity contribution in [2.24, 2.45) is 0 Å². The van der Waals surface area contributed by atoms with Gasteiger partial charge in [0.2, 0.25) is 18.2 Å². The van der Waals surface area contributed by atoms with Crippen LogP contribution in [0.5, 0.6) is 5.75 Å². The van der Waals surface area contributed by atoms with Gasteiger partial charge in [-0.25, -0.2) is 0 Å². The van der Waals surface area contributed by atoms with Crippen LogP contribution in [-0.2, 0) is 24.5 Å². The minimum Gasteiger partial charge on any atom is -0.375 e. The van der Waals surface area contributed by atoms with Crippen LogP contribution in [0.25, 0.3) is 0 Å². The summed E-state index contributed by atoms with van der Waals surface area (Å²) in [4.78, 5) is 47.7. The Balaban J connectivity index is 2.46. The molecule has 9 nitrogen and oxygen atoms in total. The molecule has 1 N–H and O–H groups in total. The number of imide groups is 2. The molecule has 0 spiro atoms. The molecule has 1 aromatic carbocycles. The summed E-state index contributed by atoms with van der Waals surface area (Å²) in [5.41, 5.74) is -6.39. The average molecular weight is 422 g/mol. The van der Waals surface area contributed by atoms with Gasteiger partial charge in [0, 0.05) is 6.42 Å². The van der Waals surface area contributed by atoms with Crippen LogP contribution in [0.2, 0.25) is 0 Å². The third-order valence-electron chi connectivity index (χ3n) is 3.83. The van der Waals surface area contributed by atoms with E-state index < -0.39 is 50.7 Å². The van der Waals surface area contributed by atoms with Gasteiger partial charge in [-0.1, -0.05) is 12.1 Å². The number of halogens is 3. The Labute approximate surface area is 156 Å². The van der Waals surface area contributed by atoms with Crippen LogP contribution in [0.15, 0.2) is 18.2 Å². The SMILES string of the molecule is Cc1cccc(OS(=O)(=O)C(F)(F)F)c1C(=O)N(C=O)C1CCC(=O)NC1=O. The fourth-order valence-corrected chi connectivity index (χ4v) is 2.96. The quantitative estimate of drug-likeness (QED) is 0.319. The first-order valence-electron chi connectivity index (χ1n) is 7.61. The molecule has 1 unspecified atom stereocenters. The Bertz CT molecular complexity index is 943. The normalized spacial score (nSPS) is 17.6. The minimum atomic E-state index is -6.08. The van der Waals surface area contributed by atoms with Crippen molar-refractivity contribution >= 4 is 34.2 Å². The maximum Gasteiger partial charge on any atom is 0.534 e. The number of aryl methyl sites for hydroxylation is 1. The van der Waals surface area contributed by atoms with E-state index in [2.05, 4.69) is 4.18 Å². The molecule has 1 atom stereocenters. The fourth-order valence-electron chi connectivity index (χ4n) is 2.49. The molecule has 0 bridgehead atoms. The molecule has 2 rings (SSSR count). The first-order valence-corrected chi connectivity index (χ1v) is 9.02. The molecule has 0 saturated carbocycles. The van der Waals surface area contributed by atoms with Gasteiger partial charge in [0.1, 0.15) is 6.04 Å². The highest BCUT2D eigenvalue weighted by atomic mass is 32.2. The van der Waals surface area contributed by atoms with Gasteiger partial charge in [0.15, 0.2) is 5.75 Å². The summed E-state index contributed by atoms with van der Waals surface area (Å²) in [6, 6.07) is 1.82. The number of hydrogen-bond acceptors (Lipinski definition) is 7. The van der Waals surface area contributed by atoms with Crippen molar-refractivity contribution < 1.29 is 45.0 Å². The van der Waals surface area contributed by atoms with E-state index in [-0.39, 0.29) is 24.8 Å². The smallest absolute Gasteiger partial charge is 0.375 e. The molecule has 1 fully saturated rings. The topological polar surface area (TPSA) is 127 Å².